The zero-order valence-electron chi connectivity index (χ0n) is 12.0. The molecule has 0 spiro atoms. The zero-order chi connectivity index (χ0) is 14.7. The predicted molar refractivity (Wildman–Crippen MR) is 85.5 cm³/mol. The monoisotopic (exact) mass is 347 g/mol. The maximum Gasteiger partial charge on any atom is 0.125 e. The summed E-state index contributed by atoms with van der Waals surface area (Å²) in [5.74, 6) is 1.05. The maximum atomic E-state index is 5.82. The maximum absolute atomic E-state index is 5.82. The van der Waals surface area contributed by atoms with Gasteiger partial charge in [-0.1, -0.05) is 22.9 Å². The van der Waals surface area contributed by atoms with Crippen molar-refractivity contribution in [3.8, 4) is 5.75 Å². The molecule has 1 aromatic carbocycles. The molecule has 0 amide bonds. The Morgan fingerprint density at radius 2 is 2.14 bits per heavy atom. The van der Waals surface area contributed by atoms with Gasteiger partial charge in [-0.25, -0.2) is 9.97 Å². The highest BCUT2D eigenvalue weighted by molar-refractivity contribution is 9.10. The second-order valence-corrected chi connectivity index (χ2v) is 6.05. The lowest BCUT2D eigenvalue weighted by Gasteiger charge is -2.19. The van der Waals surface area contributed by atoms with E-state index in [1.807, 2.05) is 12.4 Å². The minimum atomic E-state index is 0.193. The highest BCUT2D eigenvalue weighted by atomic mass is 79.9. The summed E-state index contributed by atoms with van der Waals surface area (Å²) < 4.78 is 6.93. The number of halogens is 1. The van der Waals surface area contributed by atoms with E-state index < -0.39 is 0 Å². The Labute approximate surface area is 133 Å². The molecule has 5 heteroatoms. The highest BCUT2D eigenvalue weighted by Crippen LogP contribution is 2.35. The third-order valence-electron chi connectivity index (χ3n) is 3.68. The number of aromatic nitrogens is 2. The van der Waals surface area contributed by atoms with Crippen molar-refractivity contribution in [2.75, 3.05) is 13.2 Å². The lowest BCUT2D eigenvalue weighted by atomic mass is 9.98. The normalized spacial score (nSPS) is 14.6. The Kier molecular flexibility index (Phi) is 4.51. The summed E-state index contributed by atoms with van der Waals surface area (Å²) in [6.45, 7) is 3.79. The smallest absolute Gasteiger partial charge is 0.125 e. The van der Waals surface area contributed by atoms with E-state index in [1.165, 1.54) is 11.1 Å². The van der Waals surface area contributed by atoms with Gasteiger partial charge < -0.3 is 10.1 Å². The van der Waals surface area contributed by atoms with E-state index in [-0.39, 0.29) is 6.04 Å². The summed E-state index contributed by atoms with van der Waals surface area (Å²) in [4.78, 5) is 8.26. The van der Waals surface area contributed by atoms with Crippen LogP contribution in [0.1, 0.15) is 29.7 Å². The second-order valence-electron chi connectivity index (χ2n) is 5.14. The molecule has 2 heterocycles. The Morgan fingerprint density at radius 3 is 2.90 bits per heavy atom. The van der Waals surface area contributed by atoms with Crippen LogP contribution >= 0.6 is 15.9 Å². The molecule has 1 N–H and O–H groups in total. The Morgan fingerprint density at radius 1 is 1.33 bits per heavy atom. The molecular formula is C16H18BrN3O. The fourth-order valence-corrected chi connectivity index (χ4v) is 3.32. The summed E-state index contributed by atoms with van der Waals surface area (Å²) in [7, 11) is 0. The molecule has 2 aromatic rings. The molecule has 0 radical (unpaired) electrons. The van der Waals surface area contributed by atoms with Crippen LogP contribution in [0.2, 0.25) is 0 Å². The molecule has 0 saturated heterocycles. The third-order valence-corrected chi connectivity index (χ3v) is 4.14. The molecule has 0 fully saturated rings. The van der Waals surface area contributed by atoms with Crippen LogP contribution in [0.3, 0.4) is 0 Å². The van der Waals surface area contributed by atoms with Gasteiger partial charge in [0.25, 0.3) is 0 Å². The molecule has 0 saturated carbocycles. The van der Waals surface area contributed by atoms with E-state index >= 15 is 0 Å². The summed E-state index contributed by atoms with van der Waals surface area (Å²) >= 11 is 3.60. The van der Waals surface area contributed by atoms with Crippen LogP contribution in [0.25, 0.3) is 0 Å². The van der Waals surface area contributed by atoms with Crippen molar-refractivity contribution < 1.29 is 4.74 Å². The number of hydrogen-bond donors (Lipinski definition) is 1. The molecule has 3 rings (SSSR count). The molecule has 21 heavy (non-hydrogen) atoms. The number of nitrogens with one attached hydrogen (secondary N) is 1. The van der Waals surface area contributed by atoms with E-state index in [0.29, 0.717) is 0 Å². The Bertz CT molecular complexity index is 618. The summed E-state index contributed by atoms with van der Waals surface area (Å²) in [6, 6.07) is 4.50. The van der Waals surface area contributed by atoms with Crippen LogP contribution in [-0.2, 0) is 12.8 Å². The average molecular weight is 348 g/mol. The van der Waals surface area contributed by atoms with E-state index in [1.54, 1.807) is 6.33 Å². The van der Waals surface area contributed by atoms with Gasteiger partial charge in [-0.3, -0.25) is 0 Å². The first-order chi connectivity index (χ1) is 10.3. The standard InChI is InChI=1S/C16H18BrN3O/c1-2-20-15(13-8-18-10-19-9-13)7-12-6-14(17)5-11-3-4-21-16(11)12/h5-6,8-10,15,20H,2-4,7H2,1H3. The van der Waals surface area contributed by atoms with Gasteiger partial charge in [-0.15, -0.1) is 0 Å². The molecular weight excluding hydrogens is 330 g/mol. The highest BCUT2D eigenvalue weighted by Gasteiger charge is 2.21. The zero-order valence-corrected chi connectivity index (χ0v) is 13.6. The quantitative estimate of drug-likeness (QED) is 0.902. The average Bonchev–Trinajstić information content (AvgIpc) is 2.96. The summed E-state index contributed by atoms with van der Waals surface area (Å²) in [5.41, 5.74) is 3.62. The van der Waals surface area contributed by atoms with Gasteiger partial charge >= 0.3 is 0 Å². The first-order valence-electron chi connectivity index (χ1n) is 7.20. The molecule has 1 aliphatic heterocycles. The van der Waals surface area contributed by atoms with Crippen molar-refractivity contribution in [1.29, 1.82) is 0 Å². The predicted octanol–water partition coefficient (Wildman–Crippen LogP) is 3.07. The van der Waals surface area contributed by atoms with Crippen molar-refractivity contribution in [3.05, 3.63) is 52.0 Å². The molecule has 110 valence electrons. The van der Waals surface area contributed by atoms with E-state index in [0.717, 1.165) is 41.8 Å². The summed E-state index contributed by atoms with van der Waals surface area (Å²) in [6.07, 6.45) is 7.16. The number of likely N-dealkylation sites (N-methyl/N-ethyl adjacent to an activating group) is 1. The molecule has 1 aromatic heterocycles. The number of rotatable bonds is 5. The van der Waals surface area contributed by atoms with Gasteiger partial charge in [-0.2, -0.15) is 0 Å². The van der Waals surface area contributed by atoms with Gasteiger partial charge in [0.15, 0.2) is 0 Å². The van der Waals surface area contributed by atoms with Crippen molar-refractivity contribution in [3.63, 3.8) is 0 Å². The van der Waals surface area contributed by atoms with Gasteiger partial charge in [0, 0.05) is 34.9 Å². The summed E-state index contributed by atoms with van der Waals surface area (Å²) in [5, 5.41) is 3.51. The van der Waals surface area contributed by atoms with Crippen LogP contribution in [0.5, 0.6) is 5.75 Å². The SMILES string of the molecule is CCNC(Cc1cc(Br)cc2c1OCC2)c1cncnc1. The first kappa shape index (κ1) is 14.5. The Hall–Kier alpha value is -1.46. The van der Waals surface area contributed by atoms with Gasteiger partial charge in [0.05, 0.1) is 6.61 Å². The van der Waals surface area contributed by atoms with E-state index in [9.17, 15) is 0 Å². The fourth-order valence-electron chi connectivity index (χ4n) is 2.76. The number of benzene rings is 1. The van der Waals surface area contributed by atoms with E-state index in [2.05, 4.69) is 50.3 Å². The fraction of sp³-hybridized carbons (Fsp3) is 0.375. The second kappa shape index (κ2) is 6.54. The molecule has 1 unspecified atom stereocenters. The van der Waals surface area contributed by atoms with Crippen molar-refractivity contribution in [2.45, 2.75) is 25.8 Å². The van der Waals surface area contributed by atoms with Gasteiger partial charge in [0.1, 0.15) is 12.1 Å². The van der Waals surface area contributed by atoms with Gasteiger partial charge in [-0.05, 0) is 36.2 Å². The van der Waals surface area contributed by atoms with Crippen LogP contribution in [0.4, 0.5) is 0 Å². The molecule has 0 aliphatic carbocycles. The molecule has 4 nitrogen and oxygen atoms in total. The minimum absolute atomic E-state index is 0.193. The molecule has 0 bridgehead atoms. The van der Waals surface area contributed by atoms with Crippen molar-refractivity contribution in [2.24, 2.45) is 0 Å². The van der Waals surface area contributed by atoms with Crippen molar-refractivity contribution >= 4 is 15.9 Å². The lowest BCUT2D eigenvalue weighted by Crippen LogP contribution is -2.23. The number of fused-ring (bicyclic) bond motifs is 1. The Balaban J connectivity index is 1.90. The van der Waals surface area contributed by atoms with Gasteiger partial charge in [0.2, 0.25) is 0 Å². The number of nitrogens with zero attached hydrogens (tertiary/aromatic N) is 2. The third kappa shape index (κ3) is 3.24. The van der Waals surface area contributed by atoms with Crippen LogP contribution in [-0.4, -0.2) is 23.1 Å². The lowest BCUT2D eigenvalue weighted by molar-refractivity contribution is 0.351. The van der Waals surface area contributed by atoms with Crippen LogP contribution in [0, 0.1) is 0 Å². The minimum Gasteiger partial charge on any atom is -0.493 e. The molecule has 1 aliphatic rings. The first-order valence-corrected chi connectivity index (χ1v) is 7.99. The van der Waals surface area contributed by atoms with E-state index in [4.69, 9.17) is 4.74 Å². The number of ether oxygens (including phenoxy) is 1. The van der Waals surface area contributed by atoms with Crippen LogP contribution in [0.15, 0.2) is 35.3 Å². The topological polar surface area (TPSA) is 47.0 Å². The van der Waals surface area contributed by atoms with Crippen molar-refractivity contribution in [1.82, 2.24) is 15.3 Å². The number of hydrogen-bond acceptors (Lipinski definition) is 4. The largest absolute Gasteiger partial charge is 0.493 e. The molecule has 1 atom stereocenters. The van der Waals surface area contributed by atoms with Crippen LogP contribution < -0.4 is 10.1 Å².